The smallest absolute Gasteiger partial charge is 0.347 e. The summed E-state index contributed by atoms with van der Waals surface area (Å²) in [6, 6.07) is 18.7. The Labute approximate surface area is 223 Å². The molecular weight excluding hydrogens is 504 g/mol. The molecule has 0 unspecified atom stereocenters. The van der Waals surface area contributed by atoms with E-state index in [2.05, 4.69) is 6.92 Å². The molecule has 0 aliphatic rings. The van der Waals surface area contributed by atoms with Crippen LogP contribution in [-0.2, 0) is 12.8 Å². The van der Waals surface area contributed by atoms with Crippen LogP contribution in [0.3, 0.4) is 0 Å². The lowest BCUT2D eigenvalue weighted by Crippen LogP contribution is -2.05. The zero-order valence-electron chi connectivity index (χ0n) is 21.6. The van der Waals surface area contributed by atoms with Gasteiger partial charge in [-0.1, -0.05) is 81.3 Å². The van der Waals surface area contributed by atoms with Crippen LogP contribution in [0.4, 0.5) is 17.6 Å². The van der Waals surface area contributed by atoms with Gasteiger partial charge in [0.2, 0.25) is 0 Å². The largest absolute Gasteiger partial charge is 0.422 e. The van der Waals surface area contributed by atoms with Gasteiger partial charge in [0.05, 0.1) is 5.56 Å². The molecule has 39 heavy (non-hydrogen) atoms. The van der Waals surface area contributed by atoms with E-state index in [0.29, 0.717) is 12.0 Å². The molecule has 0 bridgehead atoms. The summed E-state index contributed by atoms with van der Waals surface area (Å²) < 4.78 is 65.8. The van der Waals surface area contributed by atoms with Crippen molar-refractivity contribution >= 4 is 10.8 Å². The SMILES string of the molecule is CCCc1ccc(-c2ccc3cc(-c4ccc(-c5ccc(CCC)cc5F)c(F)c4F)oc(=O)c3c2F)cc1. The van der Waals surface area contributed by atoms with E-state index < -0.39 is 28.9 Å². The Bertz CT molecular complexity index is 1740. The molecule has 4 aromatic carbocycles. The zero-order valence-corrected chi connectivity index (χ0v) is 21.6. The van der Waals surface area contributed by atoms with E-state index >= 15 is 13.2 Å². The van der Waals surface area contributed by atoms with Gasteiger partial charge in [-0.3, -0.25) is 0 Å². The van der Waals surface area contributed by atoms with E-state index in [9.17, 15) is 9.18 Å². The first kappa shape index (κ1) is 26.4. The molecule has 0 radical (unpaired) electrons. The second-order valence-electron chi connectivity index (χ2n) is 9.59. The highest BCUT2D eigenvalue weighted by molar-refractivity contribution is 5.89. The van der Waals surface area contributed by atoms with Crippen molar-refractivity contribution < 1.29 is 22.0 Å². The summed E-state index contributed by atoms with van der Waals surface area (Å²) in [5, 5.41) is -0.0906. The van der Waals surface area contributed by atoms with Crippen molar-refractivity contribution in [3.8, 4) is 33.6 Å². The van der Waals surface area contributed by atoms with Gasteiger partial charge in [0.15, 0.2) is 11.6 Å². The standard InChI is InChI=1S/C33H26F4O2/c1-3-5-19-7-10-21(11-8-19)23-14-12-22-18-28(39-33(38)29(22)30(23)35)26-16-15-25(31(36)32(26)37)24-13-9-20(6-4-2)17-27(24)34/h7-18H,3-6H2,1-2H3. The topological polar surface area (TPSA) is 30.2 Å². The fraction of sp³-hybridized carbons (Fsp3) is 0.182. The minimum atomic E-state index is -1.30. The maximum Gasteiger partial charge on any atom is 0.347 e. The molecule has 0 spiro atoms. The third kappa shape index (κ3) is 4.99. The van der Waals surface area contributed by atoms with E-state index in [1.165, 1.54) is 30.3 Å². The molecule has 5 aromatic rings. The van der Waals surface area contributed by atoms with Crippen molar-refractivity contribution in [2.75, 3.05) is 0 Å². The average Bonchev–Trinajstić information content (AvgIpc) is 2.91. The van der Waals surface area contributed by atoms with Crippen LogP contribution < -0.4 is 5.63 Å². The lowest BCUT2D eigenvalue weighted by Gasteiger charge is -2.11. The lowest BCUT2D eigenvalue weighted by atomic mass is 9.97. The molecule has 198 valence electrons. The molecule has 0 fully saturated rings. The molecule has 0 saturated carbocycles. The molecule has 5 rings (SSSR count). The highest BCUT2D eigenvalue weighted by Crippen LogP contribution is 2.35. The molecule has 6 heteroatoms. The third-order valence-electron chi connectivity index (χ3n) is 6.88. The molecule has 1 aromatic heterocycles. The molecule has 2 nitrogen and oxygen atoms in total. The Morgan fingerprint density at radius 2 is 1.21 bits per heavy atom. The number of fused-ring (bicyclic) bond motifs is 1. The van der Waals surface area contributed by atoms with E-state index in [1.54, 1.807) is 30.3 Å². The predicted octanol–water partition coefficient (Wildman–Crippen LogP) is 9.26. The highest BCUT2D eigenvalue weighted by atomic mass is 19.2. The number of benzene rings is 4. The predicted molar refractivity (Wildman–Crippen MR) is 147 cm³/mol. The van der Waals surface area contributed by atoms with Crippen LogP contribution in [0.15, 0.2) is 82.0 Å². The van der Waals surface area contributed by atoms with Gasteiger partial charge in [-0.2, -0.15) is 0 Å². The first-order valence-corrected chi connectivity index (χ1v) is 12.9. The van der Waals surface area contributed by atoms with E-state index in [1.807, 2.05) is 19.1 Å². The normalized spacial score (nSPS) is 11.3. The summed E-state index contributed by atoms with van der Waals surface area (Å²) in [5.74, 6) is -4.23. The highest BCUT2D eigenvalue weighted by Gasteiger charge is 2.21. The van der Waals surface area contributed by atoms with Crippen LogP contribution in [0.5, 0.6) is 0 Å². The lowest BCUT2D eigenvalue weighted by molar-refractivity contribution is 0.496. The number of aryl methyl sites for hydroxylation is 2. The van der Waals surface area contributed by atoms with Crippen LogP contribution in [0, 0.1) is 23.3 Å². The van der Waals surface area contributed by atoms with Gasteiger partial charge in [-0.15, -0.1) is 0 Å². The number of rotatable bonds is 7. The van der Waals surface area contributed by atoms with Crippen molar-refractivity contribution in [2.24, 2.45) is 0 Å². The van der Waals surface area contributed by atoms with Crippen LogP contribution >= 0.6 is 0 Å². The van der Waals surface area contributed by atoms with Crippen molar-refractivity contribution in [2.45, 2.75) is 39.5 Å². The van der Waals surface area contributed by atoms with Gasteiger partial charge in [0.25, 0.3) is 0 Å². The molecule has 0 aliphatic carbocycles. The summed E-state index contributed by atoms with van der Waals surface area (Å²) in [7, 11) is 0. The van der Waals surface area contributed by atoms with Crippen LogP contribution in [0.1, 0.15) is 37.8 Å². The Morgan fingerprint density at radius 1 is 0.615 bits per heavy atom. The Balaban J connectivity index is 1.54. The van der Waals surface area contributed by atoms with Gasteiger partial charge in [0, 0.05) is 16.7 Å². The fourth-order valence-electron chi connectivity index (χ4n) is 4.90. The van der Waals surface area contributed by atoms with E-state index in [0.717, 1.165) is 30.4 Å². The number of hydrogen-bond donors (Lipinski definition) is 0. The first-order valence-electron chi connectivity index (χ1n) is 12.9. The molecule has 0 amide bonds. The zero-order chi connectivity index (χ0) is 27.7. The molecule has 0 saturated heterocycles. The van der Waals surface area contributed by atoms with Crippen LogP contribution in [0.2, 0.25) is 0 Å². The van der Waals surface area contributed by atoms with Gasteiger partial charge in [-0.05, 0) is 53.1 Å². The second-order valence-corrected chi connectivity index (χ2v) is 9.59. The minimum Gasteiger partial charge on any atom is -0.422 e. The summed E-state index contributed by atoms with van der Waals surface area (Å²) >= 11 is 0. The second kappa shape index (κ2) is 10.9. The molecule has 0 aliphatic heterocycles. The molecule has 0 atom stereocenters. The van der Waals surface area contributed by atoms with E-state index in [4.69, 9.17) is 4.42 Å². The van der Waals surface area contributed by atoms with Crippen molar-refractivity contribution in [1.29, 1.82) is 0 Å². The van der Waals surface area contributed by atoms with Crippen molar-refractivity contribution in [3.63, 3.8) is 0 Å². The third-order valence-corrected chi connectivity index (χ3v) is 6.88. The van der Waals surface area contributed by atoms with Crippen molar-refractivity contribution in [3.05, 3.63) is 118 Å². The maximum absolute atomic E-state index is 15.5. The van der Waals surface area contributed by atoms with E-state index in [-0.39, 0.29) is 38.8 Å². The number of hydrogen-bond acceptors (Lipinski definition) is 2. The first-order chi connectivity index (χ1) is 18.8. The molecule has 1 heterocycles. The summed E-state index contributed by atoms with van der Waals surface area (Å²) in [6.07, 6.45) is 3.39. The van der Waals surface area contributed by atoms with Gasteiger partial charge in [0.1, 0.15) is 22.8 Å². The molecular formula is C33H26F4O2. The Kier molecular flexibility index (Phi) is 7.38. The Morgan fingerprint density at radius 3 is 1.90 bits per heavy atom. The average molecular weight is 531 g/mol. The van der Waals surface area contributed by atoms with Gasteiger partial charge < -0.3 is 4.42 Å². The quantitative estimate of drug-likeness (QED) is 0.196. The fourth-order valence-corrected chi connectivity index (χ4v) is 4.90. The monoisotopic (exact) mass is 530 g/mol. The summed E-state index contributed by atoms with van der Waals surface area (Å²) in [4.78, 5) is 12.9. The minimum absolute atomic E-state index is 0.0740. The van der Waals surface area contributed by atoms with Crippen LogP contribution in [-0.4, -0.2) is 0 Å². The van der Waals surface area contributed by atoms with Gasteiger partial charge in [-0.25, -0.2) is 22.4 Å². The summed E-state index contributed by atoms with van der Waals surface area (Å²) in [5.41, 5.74) is 1.08. The van der Waals surface area contributed by atoms with Crippen molar-refractivity contribution in [1.82, 2.24) is 0 Å². The van der Waals surface area contributed by atoms with Gasteiger partial charge >= 0.3 is 5.63 Å². The Hall–Kier alpha value is -4.19. The number of halogens is 4. The summed E-state index contributed by atoms with van der Waals surface area (Å²) in [6.45, 7) is 4.04. The van der Waals surface area contributed by atoms with Crippen LogP contribution in [0.25, 0.3) is 44.3 Å². The maximum atomic E-state index is 15.5. The molecule has 0 N–H and O–H groups in total.